The first-order valence-electron chi connectivity index (χ1n) is 5.74. The van der Waals surface area contributed by atoms with Gasteiger partial charge in [0.15, 0.2) is 5.78 Å². The monoisotopic (exact) mass is 282 g/mol. The number of Topliss-reactive ketones (excluding diaryl/α,β-unsaturated/α-hetero) is 1. The largest absolute Gasteiger partial charge is 0.331 e. The lowest BCUT2D eigenvalue weighted by atomic mass is 10.1. The van der Waals surface area contributed by atoms with Gasteiger partial charge in [0.05, 0.1) is 16.5 Å². The molecule has 0 bridgehead atoms. The van der Waals surface area contributed by atoms with Gasteiger partial charge in [0.1, 0.15) is 5.56 Å². The molecule has 1 amide bonds. The molecule has 1 aliphatic rings. The molecule has 2 rings (SSSR count). The fourth-order valence-corrected chi connectivity index (χ4v) is 2.30. The summed E-state index contributed by atoms with van der Waals surface area (Å²) < 4.78 is 0. The van der Waals surface area contributed by atoms with Crippen molar-refractivity contribution in [3.8, 4) is 0 Å². The summed E-state index contributed by atoms with van der Waals surface area (Å²) in [4.78, 5) is 35.2. The van der Waals surface area contributed by atoms with E-state index in [4.69, 9.17) is 11.6 Å². The fourth-order valence-electron chi connectivity index (χ4n) is 2.05. The number of hydrogen-bond donors (Lipinski definition) is 0. The molecule has 100 valence electrons. The zero-order valence-electron chi connectivity index (χ0n) is 9.97. The molecule has 0 unspecified atom stereocenters. The van der Waals surface area contributed by atoms with Crippen LogP contribution in [0.5, 0.6) is 0 Å². The lowest BCUT2D eigenvalue weighted by molar-refractivity contribution is -0.385. The average Bonchev–Trinajstić information content (AvgIpc) is 2.37. The molecule has 1 saturated heterocycles. The molecule has 1 heterocycles. The predicted octanol–water partition coefficient (Wildman–Crippen LogP) is 2.05. The Morgan fingerprint density at radius 1 is 1.42 bits per heavy atom. The van der Waals surface area contributed by atoms with Crippen LogP contribution in [0.15, 0.2) is 18.2 Å². The van der Waals surface area contributed by atoms with Crippen LogP contribution in [-0.4, -0.2) is 34.6 Å². The number of halogens is 1. The van der Waals surface area contributed by atoms with E-state index in [1.54, 1.807) is 0 Å². The molecule has 1 fully saturated rings. The van der Waals surface area contributed by atoms with Crippen molar-refractivity contribution in [1.82, 2.24) is 4.90 Å². The number of hydrogen-bond acceptors (Lipinski definition) is 4. The van der Waals surface area contributed by atoms with E-state index in [1.165, 1.54) is 23.1 Å². The van der Waals surface area contributed by atoms with Crippen LogP contribution in [-0.2, 0) is 4.79 Å². The Morgan fingerprint density at radius 3 is 2.79 bits per heavy atom. The molecular weight excluding hydrogens is 272 g/mol. The lowest BCUT2D eigenvalue weighted by Gasteiger charge is -2.25. The molecule has 1 aromatic rings. The third-order valence-corrected chi connectivity index (χ3v) is 3.26. The number of nitro groups is 1. The minimum Gasteiger partial charge on any atom is -0.331 e. The van der Waals surface area contributed by atoms with Gasteiger partial charge in [0.25, 0.3) is 11.6 Å². The van der Waals surface area contributed by atoms with Crippen molar-refractivity contribution < 1.29 is 14.5 Å². The summed E-state index contributed by atoms with van der Waals surface area (Å²) in [6, 6.07) is 4.07. The Morgan fingerprint density at radius 2 is 2.16 bits per heavy atom. The second kappa shape index (κ2) is 5.36. The number of benzene rings is 1. The van der Waals surface area contributed by atoms with Crippen LogP contribution in [0.1, 0.15) is 23.2 Å². The minimum absolute atomic E-state index is 0.0127. The Balaban J connectivity index is 2.38. The van der Waals surface area contributed by atoms with Gasteiger partial charge in [-0.05, 0) is 12.5 Å². The van der Waals surface area contributed by atoms with Gasteiger partial charge in [0, 0.05) is 19.0 Å². The second-order valence-corrected chi connectivity index (χ2v) is 4.67. The third-order valence-electron chi connectivity index (χ3n) is 2.94. The van der Waals surface area contributed by atoms with Gasteiger partial charge < -0.3 is 4.90 Å². The van der Waals surface area contributed by atoms with E-state index >= 15 is 0 Å². The smallest absolute Gasteiger partial charge is 0.283 e. The summed E-state index contributed by atoms with van der Waals surface area (Å²) in [5, 5.41) is 11.0. The Labute approximate surface area is 114 Å². The molecule has 19 heavy (non-hydrogen) atoms. The molecule has 1 aromatic carbocycles. The first-order valence-corrected chi connectivity index (χ1v) is 6.12. The van der Waals surface area contributed by atoms with Gasteiger partial charge >= 0.3 is 0 Å². The number of carbonyl (C=O) groups is 2. The summed E-state index contributed by atoms with van der Waals surface area (Å²) in [5.74, 6) is -0.611. The van der Waals surface area contributed by atoms with E-state index < -0.39 is 10.8 Å². The molecule has 0 saturated carbocycles. The molecule has 0 spiro atoms. The normalized spacial score (nSPS) is 15.4. The number of rotatable bonds is 2. The van der Waals surface area contributed by atoms with E-state index in [-0.39, 0.29) is 28.6 Å². The summed E-state index contributed by atoms with van der Waals surface area (Å²) in [7, 11) is 0. The molecule has 0 N–H and O–H groups in total. The quantitative estimate of drug-likeness (QED) is 0.614. The zero-order valence-corrected chi connectivity index (χ0v) is 10.7. The summed E-state index contributed by atoms with van der Waals surface area (Å²) in [5.41, 5.74) is -0.487. The first-order chi connectivity index (χ1) is 9.00. The average molecular weight is 283 g/mol. The lowest BCUT2D eigenvalue weighted by Crippen LogP contribution is -2.40. The molecule has 7 heteroatoms. The topological polar surface area (TPSA) is 80.5 Å². The van der Waals surface area contributed by atoms with Gasteiger partial charge in [-0.1, -0.05) is 17.7 Å². The molecule has 0 radical (unpaired) electrons. The maximum Gasteiger partial charge on any atom is 0.283 e. The Bertz CT molecular complexity index is 559. The highest BCUT2D eigenvalue weighted by Gasteiger charge is 2.29. The van der Waals surface area contributed by atoms with Crippen molar-refractivity contribution in [1.29, 1.82) is 0 Å². The highest BCUT2D eigenvalue weighted by Crippen LogP contribution is 2.28. The van der Waals surface area contributed by atoms with Crippen molar-refractivity contribution in [2.24, 2.45) is 0 Å². The SMILES string of the molecule is O=C1CCCN(C(=O)c2c(Cl)cccc2[N+](=O)[O-])C1. The summed E-state index contributed by atoms with van der Waals surface area (Å²) >= 11 is 5.89. The van der Waals surface area contributed by atoms with E-state index in [1.807, 2.05) is 0 Å². The molecular formula is C12H11ClN2O4. The predicted molar refractivity (Wildman–Crippen MR) is 68.3 cm³/mol. The van der Waals surface area contributed by atoms with Gasteiger partial charge in [-0.15, -0.1) is 0 Å². The number of carbonyl (C=O) groups excluding carboxylic acids is 2. The van der Waals surface area contributed by atoms with E-state index in [2.05, 4.69) is 0 Å². The molecule has 0 aliphatic carbocycles. The van der Waals surface area contributed by atoms with Crippen LogP contribution < -0.4 is 0 Å². The maximum atomic E-state index is 12.3. The van der Waals surface area contributed by atoms with Crippen molar-refractivity contribution >= 4 is 29.0 Å². The third kappa shape index (κ3) is 2.73. The van der Waals surface area contributed by atoms with Gasteiger partial charge in [-0.3, -0.25) is 19.7 Å². The zero-order chi connectivity index (χ0) is 14.0. The van der Waals surface area contributed by atoms with Gasteiger partial charge in [0.2, 0.25) is 0 Å². The van der Waals surface area contributed by atoms with Crippen LogP contribution in [0.2, 0.25) is 5.02 Å². The van der Waals surface area contributed by atoms with Gasteiger partial charge in [-0.25, -0.2) is 0 Å². The van der Waals surface area contributed by atoms with E-state index in [9.17, 15) is 19.7 Å². The van der Waals surface area contributed by atoms with Gasteiger partial charge in [-0.2, -0.15) is 0 Å². The minimum atomic E-state index is -0.648. The van der Waals surface area contributed by atoms with E-state index in [0.29, 0.717) is 19.4 Å². The van der Waals surface area contributed by atoms with Crippen LogP contribution in [0.3, 0.4) is 0 Å². The highest BCUT2D eigenvalue weighted by molar-refractivity contribution is 6.34. The fraction of sp³-hybridized carbons (Fsp3) is 0.333. The Hall–Kier alpha value is -1.95. The number of nitrogens with zero attached hydrogens (tertiary/aromatic N) is 2. The van der Waals surface area contributed by atoms with Crippen molar-refractivity contribution in [2.45, 2.75) is 12.8 Å². The number of piperidine rings is 1. The molecule has 0 aromatic heterocycles. The first kappa shape index (κ1) is 13.5. The van der Waals surface area contributed by atoms with Crippen LogP contribution >= 0.6 is 11.6 Å². The summed E-state index contributed by atoms with van der Waals surface area (Å²) in [6.45, 7) is 0.397. The highest BCUT2D eigenvalue weighted by atomic mass is 35.5. The van der Waals surface area contributed by atoms with Crippen LogP contribution in [0.25, 0.3) is 0 Å². The second-order valence-electron chi connectivity index (χ2n) is 4.26. The molecule has 6 nitrogen and oxygen atoms in total. The number of ketones is 1. The number of likely N-dealkylation sites (tertiary alicyclic amines) is 1. The van der Waals surface area contributed by atoms with E-state index in [0.717, 1.165) is 0 Å². The Kier molecular flexibility index (Phi) is 3.80. The van der Waals surface area contributed by atoms with Crippen molar-refractivity contribution in [3.05, 3.63) is 38.9 Å². The molecule has 0 atom stereocenters. The summed E-state index contributed by atoms with van der Waals surface area (Å²) in [6.07, 6.45) is 1.01. The molecule has 1 aliphatic heterocycles. The number of nitro benzene ring substituents is 1. The standard InChI is InChI=1S/C12H11ClN2O4/c13-9-4-1-5-10(15(18)19)11(9)12(17)14-6-2-3-8(16)7-14/h1,4-5H,2-3,6-7H2. The van der Waals surface area contributed by atoms with Crippen LogP contribution in [0.4, 0.5) is 5.69 Å². The maximum absolute atomic E-state index is 12.3. The number of amides is 1. The van der Waals surface area contributed by atoms with Crippen molar-refractivity contribution in [3.63, 3.8) is 0 Å². The van der Waals surface area contributed by atoms with Crippen molar-refractivity contribution in [2.75, 3.05) is 13.1 Å². The van der Waals surface area contributed by atoms with Crippen LogP contribution in [0, 0.1) is 10.1 Å².